The van der Waals surface area contributed by atoms with E-state index in [9.17, 15) is 0 Å². The highest BCUT2D eigenvalue weighted by molar-refractivity contribution is 6.11. The number of allylic oxidation sites excluding steroid dienone is 4. The summed E-state index contributed by atoms with van der Waals surface area (Å²) in [5.41, 5.74) is 12.5. The first-order valence-corrected chi connectivity index (χ1v) is 15.4. The molecular formula is C42H30N2. The fourth-order valence-electron chi connectivity index (χ4n) is 7.28. The van der Waals surface area contributed by atoms with Crippen molar-refractivity contribution in [3.8, 4) is 11.4 Å². The summed E-state index contributed by atoms with van der Waals surface area (Å²) in [7, 11) is 0. The zero-order chi connectivity index (χ0) is 29.0. The molecule has 0 fully saturated rings. The van der Waals surface area contributed by atoms with Gasteiger partial charge in [-0.25, -0.2) is 0 Å². The molecular weight excluding hydrogens is 532 g/mol. The molecule has 44 heavy (non-hydrogen) atoms. The SMILES string of the molecule is C1=CC(c2ccccc2)=C(c2cc(-n3c4ccccc4c4ccccc43)cc(-n3c4ccccc4c4ccccc43)c2)CC1. The minimum absolute atomic E-state index is 1.00. The number of nitrogens with zero attached hydrogens (tertiary/aromatic N) is 2. The molecule has 0 N–H and O–H groups in total. The van der Waals surface area contributed by atoms with E-state index in [4.69, 9.17) is 0 Å². The van der Waals surface area contributed by atoms with Crippen LogP contribution in [0.4, 0.5) is 0 Å². The standard InChI is InChI=1S/C42H30N2/c1-2-14-29(15-3-1)33-16-4-5-17-34(33)30-26-31(43-39-22-10-6-18-35(39)36-19-7-11-23-40(36)43)28-32(27-30)44-41-24-12-8-20-37(41)38-21-9-13-25-42(38)44/h1-4,6-16,18-28H,5,17H2. The Balaban J connectivity index is 1.41. The molecule has 0 spiro atoms. The van der Waals surface area contributed by atoms with Crippen molar-refractivity contribution in [2.75, 3.05) is 0 Å². The molecule has 8 aromatic rings. The Morgan fingerprint density at radius 1 is 0.409 bits per heavy atom. The molecule has 2 heterocycles. The minimum atomic E-state index is 1.00. The lowest BCUT2D eigenvalue weighted by Gasteiger charge is -2.20. The molecule has 208 valence electrons. The van der Waals surface area contributed by atoms with Crippen molar-refractivity contribution in [1.29, 1.82) is 0 Å². The Kier molecular flexibility index (Phi) is 5.67. The summed E-state index contributed by atoms with van der Waals surface area (Å²) in [6.45, 7) is 0. The van der Waals surface area contributed by atoms with Crippen molar-refractivity contribution in [3.05, 3.63) is 169 Å². The number of rotatable bonds is 4. The lowest BCUT2D eigenvalue weighted by atomic mass is 9.87. The van der Waals surface area contributed by atoms with Crippen LogP contribution in [0.15, 0.2) is 158 Å². The first kappa shape index (κ1) is 24.9. The number of hydrogen-bond donors (Lipinski definition) is 0. The Bertz CT molecular complexity index is 2190. The summed E-state index contributed by atoms with van der Waals surface area (Å²) >= 11 is 0. The fourth-order valence-corrected chi connectivity index (χ4v) is 7.28. The molecule has 2 aromatic heterocycles. The zero-order valence-corrected chi connectivity index (χ0v) is 24.3. The molecule has 0 bridgehead atoms. The van der Waals surface area contributed by atoms with Crippen molar-refractivity contribution in [1.82, 2.24) is 9.13 Å². The summed E-state index contributed by atoms with van der Waals surface area (Å²) in [5.74, 6) is 0. The van der Waals surface area contributed by atoms with Crippen LogP contribution in [0, 0.1) is 0 Å². The smallest absolute Gasteiger partial charge is 0.0541 e. The molecule has 0 amide bonds. The molecule has 0 radical (unpaired) electrons. The summed E-state index contributed by atoms with van der Waals surface area (Å²) < 4.78 is 4.90. The third-order valence-corrected chi connectivity index (χ3v) is 9.18. The highest BCUT2D eigenvalue weighted by Gasteiger charge is 2.19. The van der Waals surface area contributed by atoms with Crippen LogP contribution < -0.4 is 0 Å². The second kappa shape index (κ2) is 10.00. The number of aromatic nitrogens is 2. The van der Waals surface area contributed by atoms with Crippen LogP contribution in [0.2, 0.25) is 0 Å². The van der Waals surface area contributed by atoms with Gasteiger partial charge in [0, 0.05) is 32.9 Å². The van der Waals surface area contributed by atoms with E-state index in [1.54, 1.807) is 0 Å². The van der Waals surface area contributed by atoms with E-state index in [-0.39, 0.29) is 0 Å². The van der Waals surface area contributed by atoms with E-state index in [1.165, 1.54) is 77.3 Å². The van der Waals surface area contributed by atoms with Crippen molar-refractivity contribution < 1.29 is 0 Å². The van der Waals surface area contributed by atoms with Gasteiger partial charge >= 0.3 is 0 Å². The molecule has 0 unspecified atom stereocenters. The van der Waals surface area contributed by atoms with Gasteiger partial charge in [0.25, 0.3) is 0 Å². The number of fused-ring (bicyclic) bond motifs is 6. The van der Waals surface area contributed by atoms with Gasteiger partial charge in [-0.05, 0) is 77.6 Å². The van der Waals surface area contributed by atoms with Gasteiger partial charge in [-0.2, -0.15) is 0 Å². The van der Waals surface area contributed by atoms with Crippen LogP contribution >= 0.6 is 0 Å². The topological polar surface area (TPSA) is 9.86 Å². The summed E-state index contributed by atoms with van der Waals surface area (Å²) in [4.78, 5) is 0. The van der Waals surface area contributed by atoms with Crippen molar-refractivity contribution in [2.24, 2.45) is 0 Å². The van der Waals surface area contributed by atoms with Gasteiger partial charge in [-0.15, -0.1) is 0 Å². The first-order valence-electron chi connectivity index (χ1n) is 15.4. The highest BCUT2D eigenvalue weighted by atomic mass is 15.0. The Morgan fingerprint density at radius 3 is 1.32 bits per heavy atom. The van der Waals surface area contributed by atoms with Gasteiger partial charge < -0.3 is 9.13 Å². The molecule has 1 aliphatic rings. The van der Waals surface area contributed by atoms with Crippen LogP contribution in [0.5, 0.6) is 0 Å². The van der Waals surface area contributed by atoms with Gasteiger partial charge in [0.1, 0.15) is 0 Å². The van der Waals surface area contributed by atoms with Gasteiger partial charge in [-0.1, -0.05) is 115 Å². The maximum atomic E-state index is 2.45. The van der Waals surface area contributed by atoms with Crippen molar-refractivity contribution in [2.45, 2.75) is 12.8 Å². The van der Waals surface area contributed by atoms with E-state index in [0.717, 1.165) is 12.8 Å². The van der Waals surface area contributed by atoms with Gasteiger partial charge in [0.05, 0.1) is 22.1 Å². The fraction of sp³-hybridized carbons (Fsp3) is 0.0476. The van der Waals surface area contributed by atoms with Crippen molar-refractivity contribution in [3.63, 3.8) is 0 Å². The van der Waals surface area contributed by atoms with E-state index in [0.29, 0.717) is 0 Å². The van der Waals surface area contributed by atoms with Gasteiger partial charge in [-0.3, -0.25) is 0 Å². The third kappa shape index (κ3) is 3.81. The largest absolute Gasteiger partial charge is 0.309 e. The number of benzene rings is 6. The van der Waals surface area contributed by atoms with E-state index < -0.39 is 0 Å². The summed E-state index contributed by atoms with van der Waals surface area (Å²) in [6.07, 6.45) is 6.68. The quantitative estimate of drug-likeness (QED) is 0.202. The van der Waals surface area contributed by atoms with E-state index in [2.05, 4.69) is 167 Å². The van der Waals surface area contributed by atoms with Crippen molar-refractivity contribution >= 4 is 54.8 Å². The average molecular weight is 563 g/mol. The summed E-state index contributed by atoms with van der Waals surface area (Å²) in [5, 5.41) is 5.10. The van der Waals surface area contributed by atoms with E-state index >= 15 is 0 Å². The first-order chi connectivity index (χ1) is 21.8. The van der Waals surface area contributed by atoms with Crippen LogP contribution in [0.3, 0.4) is 0 Å². The predicted molar refractivity (Wildman–Crippen MR) is 187 cm³/mol. The summed E-state index contributed by atoms with van der Waals surface area (Å²) in [6, 6.07) is 53.2. The van der Waals surface area contributed by atoms with Crippen LogP contribution in [-0.2, 0) is 0 Å². The average Bonchev–Trinajstić information content (AvgIpc) is 3.62. The maximum absolute atomic E-state index is 2.45. The van der Waals surface area contributed by atoms with Crippen LogP contribution in [-0.4, -0.2) is 9.13 Å². The Labute approximate surface area is 256 Å². The molecule has 6 aromatic carbocycles. The van der Waals surface area contributed by atoms with Crippen LogP contribution in [0.1, 0.15) is 24.0 Å². The monoisotopic (exact) mass is 562 g/mol. The van der Waals surface area contributed by atoms with Crippen LogP contribution in [0.25, 0.3) is 66.1 Å². The second-order valence-corrected chi connectivity index (χ2v) is 11.7. The maximum Gasteiger partial charge on any atom is 0.0541 e. The Hall–Kier alpha value is -5.60. The highest BCUT2D eigenvalue weighted by Crippen LogP contribution is 2.40. The number of hydrogen-bond acceptors (Lipinski definition) is 0. The lowest BCUT2D eigenvalue weighted by molar-refractivity contribution is 1.05. The molecule has 0 aliphatic heterocycles. The predicted octanol–water partition coefficient (Wildman–Crippen LogP) is 11.1. The third-order valence-electron chi connectivity index (χ3n) is 9.18. The van der Waals surface area contributed by atoms with Gasteiger partial charge in [0.15, 0.2) is 0 Å². The molecule has 0 saturated heterocycles. The normalized spacial score (nSPS) is 13.5. The van der Waals surface area contributed by atoms with E-state index in [1.807, 2.05) is 0 Å². The second-order valence-electron chi connectivity index (χ2n) is 11.7. The lowest BCUT2D eigenvalue weighted by Crippen LogP contribution is -2.03. The molecule has 2 heteroatoms. The zero-order valence-electron chi connectivity index (χ0n) is 24.3. The molecule has 1 aliphatic carbocycles. The molecule has 9 rings (SSSR count). The minimum Gasteiger partial charge on any atom is -0.309 e. The molecule has 0 saturated carbocycles. The Morgan fingerprint density at radius 2 is 0.841 bits per heavy atom. The number of para-hydroxylation sites is 4. The molecule has 0 atom stereocenters. The molecule has 2 nitrogen and oxygen atoms in total. The van der Waals surface area contributed by atoms with Gasteiger partial charge in [0.2, 0.25) is 0 Å².